The molecule has 1 nitrogen and oxygen atoms in total. The fraction of sp³-hybridized carbons (Fsp3) is 0.500. The van der Waals surface area contributed by atoms with E-state index in [-0.39, 0.29) is 0 Å². The van der Waals surface area contributed by atoms with Gasteiger partial charge in [0.25, 0.3) is 0 Å². The van der Waals surface area contributed by atoms with Crippen molar-refractivity contribution in [2.45, 2.75) is 52.1 Å². The van der Waals surface area contributed by atoms with Crippen LogP contribution in [0, 0.1) is 13.8 Å². The highest BCUT2D eigenvalue weighted by molar-refractivity contribution is 9.11. The average molecular weight is 370 g/mol. The van der Waals surface area contributed by atoms with E-state index in [0.29, 0.717) is 12.1 Å². The van der Waals surface area contributed by atoms with Crippen LogP contribution in [0.3, 0.4) is 0 Å². The fourth-order valence-corrected chi connectivity index (χ4v) is 6.01. The highest BCUT2D eigenvalue weighted by Crippen LogP contribution is 2.39. The van der Waals surface area contributed by atoms with E-state index in [4.69, 9.17) is 0 Å². The molecule has 0 spiro atoms. The molecule has 1 aliphatic rings. The lowest BCUT2D eigenvalue weighted by Gasteiger charge is -2.27. The molecular weight excluding hydrogens is 350 g/mol. The Morgan fingerprint density at radius 1 is 1.30 bits per heavy atom. The molecule has 3 rings (SSSR count). The van der Waals surface area contributed by atoms with Crippen molar-refractivity contribution >= 4 is 38.6 Å². The van der Waals surface area contributed by atoms with Gasteiger partial charge in [0.1, 0.15) is 0 Å². The van der Waals surface area contributed by atoms with Crippen molar-refractivity contribution < 1.29 is 0 Å². The number of hydrogen-bond acceptors (Lipinski definition) is 3. The second kappa shape index (κ2) is 5.91. The zero-order valence-corrected chi connectivity index (χ0v) is 15.3. The highest BCUT2D eigenvalue weighted by atomic mass is 79.9. The smallest absolute Gasteiger partial charge is 0.0704 e. The first-order valence-electron chi connectivity index (χ1n) is 7.15. The summed E-state index contributed by atoms with van der Waals surface area (Å²) in [6.45, 7) is 6.73. The molecule has 0 aliphatic heterocycles. The zero-order valence-electron chi connectivity index (χ0n) is 12.1. The van der Waals surface area contributed by atoms with Crippen LogP contribution >= 0.6 is 38.6 Å². The van der Waals surface area contributed by atoms with Crippen molar-refractivity contribution in [1.29, 1.82) is 0 Å². The maximum atomic E-state index is 3.85. The van der Waals surface area contributed by atoms with Crippen LogP contribution in [0.2, 0.25) is 0 Å². The van der Waals surface area contributed by atoms with E-state index < -0.39 is 0 Å². The normalized spacial score (nSPS) is 19.9. The number of thiophene rings is 2. The molecule has 0 radical (unpaired) electrons. The Hall–Kier alpha value is -0.160. The zero-order chi connectivity index (χ0) is 14.3. The van der Waals surface area contributed by atoms with Crippen LogP contribution < -0.4 is 5.32 Å². The number of nitrogens with one attached hydrogen (secondary N) is 1. The standard InChI is InChI=1S/C16H20BrNS2/c1-9-7-12(11(3)19-9)10(2)18-14-5-4-6-15-13(14)8-16(17)20-15/h7-8,10,14,18H,4-6H2,1-3H3. The SMILES string of the molecule is Cc1cc(C(C)NC2CCCc3sc(Br)cc32)c(C)s1. The fourth-order valence-electron chi connectivity index (χ4n) is 3.17. The lowest BCUT2D eigenvalue weighted by Crippen LogP contribution is -2.27. The van der Waals surface area contributed by atoms with Gasteiger partial charge >= 0.3 is 0 Å². The quantitative estimate of drug-likeness (QED) is 0.707. The molecule has 0 aromatic carbocycles. The van der Waals surface area contributed by atoms with Crippen molar-refractivity contribution in [3.05, 3.63) is 41.7 Å². The summed E-state index contributed by atoms with van der Waals surface area (Å²) in [6, 6.07) is 5.59. The molecule has 2 unspecified atom stereocenters. The molecule has 2 atom stereocenters. The predicted molar refractivity (Wildman–Crippen MR) is 93.0 cm³/mol. The summed E-state index contributed by atoms with van der Waals surface area (Å²) in [5, 5.41) is 3.85. The van der Waals surface area contributed by atoms with E-state index in [1.807, 2.05) is 22.7 Å². The van der Waals surface area contributed by atoms with Crippen LogP contribution in [0.25, 0.3) is 0 Å². The third kappa shape index (κ3) is 2.89. The van der Waals surface area contributed by atoms with E-state index in [1.165, 1.54) is 43.9 Å². The van der Waals surface area contributed by atoms with Gasteiger partial charge in [-0.1, -0.05) is 0 Å². The van der Waals surface area contributed by atoms with Crippen molar-refractivity contribution in [2.75, 3.05) is 0 Å². The van der Waals surface area contributed by atoms with Crippen molar-refractivity contribution in [3.63, 3.8) is 0 Å². The van der Waals surface area contributed by atoms with Gasteiger partial charge in [-0.2, -0.15) is 0 Å². The molecule has 1 N–H and O–H groups in total. The number of hydrogen-bond donors (Lipinski definition) is 1. The molecule has 2 aromatic rings. The highest BCUT2D eigenvalue weighted by Gasteiger charge is 2.24. The number of halogens is 1. The Balaban J connectivity index is 1.80. The molecule has 1 aliphatic carbocycles. The summed E-state index contributed by atoms with van der Waals surface area (Å²) in [4.78, 5) is 4.42. The molecule has 2 heterocycles. The number of aryl methyl sites for hydroxylation is 3. The van der Waals surface area contributed by atoms with Crippen LogP contribution in [0.15, 0.2) is 15.9 Å². The summed E-state index contributed by atoms with van der Waals surface area (Å²) in [5.41, 5.74) is 2.98. The Labute approximate surface area is 137 Å². The summed E-state index contributed by atoms with van der Waals surface area (Å²) in [7, 11) is 0. The van der Waals surface area contributed by atoms with Crippen LogP contribution in [-0.4, -0.2) is 0 Å². The van der Waals surface area contributed by atoms with Gasteiger partial charge in [-0.3, -0.25) is 0 Å². The third-order valence-electron chi connectivity index (χ3n) is 4.08. The molecule has 0 fully saturated rings. The monoisotopic (exact) mass is 369 g/mol. The largest absolute Gasteiger partial charge is 0.303 e. The van der Waals surface area contributed by atoms with Gasteiger partial charge < -0.3 is 5.32 Å². The minimum absolute atomic E-state index is 0.426. The van der Waals surface area contributed by atoms with Crippen molar-refractivity contribution in [3.8, 4) is 0 Å². The van der Waals surface area contributed by atoms with Crippen LogP contribution in [0.1, 0.15) is 57.6 Å². The van der Waals surface area contributed by atoms with E-state index in [1.54, 1.807) is 4.88 Å². The number of rotatable bonds is 3. The first-order valence-corrected chi connectivity index (χ1v) is 9.58. The third-order valence-corrected chi connectivity index (χ3v) is 6.78. The van der Waals surface area contributed by atoms with Gasteiger partial charge in [-0.15, -0.1) is 22.7 Å². The summed E-state index contributed by atoms with van der Waals surface area (Å²) >= 11 is 7.45. The maximum Gasteiger partial charge on any atom is 0.0704 e. The molecule has 0 bridgehead atoms. The summed E-state index contributed by atoms with van der Waals surface area (Å²) in [5.74, 6) is 0. The first kappa shape index (κ1) is 14.8. The molecule has 0 saturated heterocycles. The van der Waals surface area contributed by atoms with Crippen LogP contribution in [0.4, 0.5) is 0 Å². The first-order chi connectivity index (χ1) is 9.54. The van der Waals surface area contributed by atoms with Crippen LogP contribution in [-0.2, 0) is 6.42 Å². The van der Waals surface area contributed by atoms with Gasteiger partial charge in [-0.05, 0) is 79.2 Å². The lowest BCUT2D eigenvalue weighted by atomic mass is 9.93. The molecule has 108 valence electrons. The second-order valence-electron chi connectivity index (χ2n) is 5.63. The summed E-state index contributed by atoms with van der Waals surface area (Å²) in [6.07, 6.45) is 3.80. The Morgan fingerprint density at radius 2 is 2.10 bits per heavy atom. The van der Waals surface area contributed by atoms with Gasteiger partial charge in [-0.25, -0.2) is 0 Å². The minimum atomic E-state index is 0.426. The van der Waals surface area contributed by atoms with E-state index in [2.05, 4.69) is 54.2 Å². The lowest BCUT2D eigenvalue weighted by molar-refractivity contribution is 0.418. The van der Waals surface area contributed by atoms with E-state index in [9.17, 15) is 0 Å². The molecule has 2 aromatic heterocycles. The summed E-state index contributed by atoms with van der Waals surface area (Å²) < 4.78 is 1.27. The van der Waals surface area contributed by atoms with E-state index in [0.717, 1.165) is 0 Å². The molecular formula is C16H20BrNS2. The molecule has 20 heavy (non-hydrogen) atoms. The maximum absolute atomic E-state index is 3.85. The van der Waals surface area contributed by atoms with Crippen LogP contribution in [0.5, 0.6) is 0 Å². The molecule has 0 saturated carbocycles. The van der Waals surface area contributed by atoms with Crippen molar-refractivity contribution in [2.24, 2.45) is 0 Å². The molecule has 0 amide bonds. The van der Waals surface area contributed by atoms with Crippen molar-refractivity contribution in [1.82, 2.24) is 5.32 Å². The van der Waals surface area contributed by atoms with Gasteiger partial charge in [0.05, 0.1) is 3.79 Å². The Bertz CT molecular complexity index is 614. The number of fused-ring (bicyclic) bond motifs is 1. The predicted octanol–water partition coefficient (Wildman–Crippen LogP) is 5.92. The van der Waals surface area contributed by atoms with Gasteiger partial charge in [0.15, 0.2) is 0 Å². The van der Waals surface area contributed by atoms with Gasteiger partial charge in [0, 0.05) is 26.7 Å². The van der Waals surface area contributed by atoms with E-state index >= 15 is 0 Å². The Kier molecular flexibility index (Phi) is 4.37. The Morgan fingerprint density at radius 3 is 2.80 bits per heavy atom. The molecule has 4 heteroatoms. The second-order valence-corrected chi connectivity index (χ2v) is 9.61. The topological polar surface area (TPSA) is 12.0 Å². The minimum Gasteiger partial charge on any atom is -0.303 e. The van der Waals surface area contributed by atoms with Gasteiger partial charge in [0.2, 0.25) is 0 Å². The average Bonchev–Trinajstić information content (AvgIpc) is 2.91.